The zero-order valence-electron chi connectivity index (χ0n) is 10.7. The van der Waals surface area contributed by atoms with Gasteiger partial charge in [0.15, 0.2) is 0 Å². The molecule has 0 aliphatic carbocycles. The maximum atomic E-state index is 12.0. The maximum absolute atomic E-state index is 12.0. The van der Waals surface area contributed by atoms with E-state index < -0.39 is 0 Å². The molecule has 104 valence electrons. The van der Waals surface area contributed by atoms with Crippen molar-refractivity contribution < 1.29 is 9.59 Å². The Labute approximate surface area is 115 Å². The van der Waals surface area contributed by atoms with E-state index in [1.807, 2.05) is 10.4 Å². The monoisotopic (exact) mass is 283 g/mol. The molecule has 1 aromatic heterocycles. The van der Waals surface area contributed by atoms with Crippen LogP contribution in [0.15, 0.2) is 12.1 Å². The predicted molar refractivity (Wildman–Crippen MR) is 72.5 cm³/mol. The van der Waals surface area contributed by atoms with Crippen molar-refractivity contribution in [3.05, 3.63) is 21.9 Å². The smallest absolute Gasteiger partial charge is 0.275 e. The lowest BCUT2D eigenvalue weighted by Gasteiger charge is -2.32. The van der Waals surface area contributed by atoms with Crippen LogP contribution in [0, 0.1) is 0 Å². The maximum Gasteiger partial charge on any atom is 0.275 e. The second-order valence-corrected chi connectivity index (χ2v) is 5.45. The molecule has 1 aromatic rings. The van der Waals surface area contributed by atoms with Crippen molar-refractivity contribution in [2.45, 2.75) is 0 Å². The summed E-state index contributed by atoms with van der Waals surface area (Å²) < 4.78 is 0. The van der Waals surface area contributed by atoms with E-state index >= 15 is 0 Å². The van der Waals surface area contributed by atoms with Gasteiger partial charge in [0, 0.05) is 26.2 Å². The van der Waals surface area contributed by atoms with Crippen molar-refractivity contribution in [3.63, 3.8) is 0 Å². The minimum atomic E-state index is -0.386. The third-order valence-corrected chi connectivity index (χ3v) is 4.03. The van der Waals surface area contributed by atoms with Gasteiger partial charge in [-0.05, 0) is 19.2 Å². The van der Waals surface area contributed by atoms with E-state index in [1.54, 1.807) is 12.1 Å². The van der Waals surface area contributed by atoms with Crippen LogP contribution in [-0.4, -0.2) is 54.9 Å². The van der Waals surface area contributed by atoms with Crippen LogP contribution >= 0.6 is 11.3 Å². The largest absolute Gasteiger partial charge is 0.304 e. The second kappa shape index (κ2) is 6.11. The number of hydrogen-bond acceptors (Lipinski definition) is 6. The van der Waals surface area contributed by atoms with Crippen molar-refractivity contribution in [2.75, 3.05) is 33.2 Å². The number of nitrogens with one attached hydrogen (secondary N) is 2. The Hall–Kier alpha value is -1.48. The molecule has 1 saturated heterocycles. The van der Waals surface area contributed by atoms with E-state index in [0.717, 1.165) is 37.5 Å². The Morgan fingerprint density at radius 1 is 1.16 bits per heavy atom. The number of nitrogens with two attached hydrogens (primary N) is 1. The summed E-state index contributed by atoms with van der Waals surface area (Å²) in [6.45, 7) is 3.44. The third-order valence-electron chi connectivity index (χ3n) is 2.95. The molecule has 7 nitrogen and oxygen atoms in total. The molecule has 0 bridgehead atoms. The zero-order valence-corrected chi connectivity index (χ0v) is 11.5. The first-order valence-electron chi connectivity index (χ1n) is 5.95. The molecular weight excluding hydrogens is 266 g/mol. The lowest BCUT2D eigenvalue weighted by Crippen LogP contribution is -2.52. The molecule has 0 saturated carbocycles. The number of likely N-dealkylation sites (N-methyl/N-ethyl adjacent to an activating group) is 1. The van der Waals surface area contributed by atoms with Crippen LogP contribution < -0.4 is 16.7 Å². The number of nitrogens with zero attached hydrogens (tertiary/aromatic N) is 2. The zero-order chi connectivity index (χ0) is 13.8. The van der Waals surface area contributed by atoms with Crippen LogP contribution in [0.25, 0.3) is 0 Å². The number of rotatable bonds is 3. The SMILES string of the molecule is CN1CCN(NC(=O)c2ccc(C(=O)NN)s2)CC1. The highest BCUT2D eigenvalue weighted by Crippen LogP contribution is 2.16. The summed E-state index contributed by atoms with van der Waals surface area (Å²) in [7, 11) is 2.05. The van der Waals surface area contributed by atoms with E-state index in [0.29, 0.717) is 9.75 Å². The molecule has 1 aliphatic heterocycles. The van der Waals surface area contributed by atoms with Crippen molar-refractivity contribution in [3.8, 4) is 0 Å². The van der Waals surface area contributed by atoms with Crippen LogP contribution in [-0.2, 0) is 0 Å². The molecule has 8 heteroatoms. The molecule has 0 unspecified atom stereocenters. The highest BCUT2D eigenvalue weighted by Gasteiger charge is 2.18. The number of nitrogen functional groups attached to an aromatic ring is 1. The molecule has 0 atom stereocenters. The normalized spacial score (nSPS) is 17.2. The number of piperazine rings is 1. The highest BCUT2D eigenvalue weighted by atomic mass is 32.1. The molecule has 2 heterocycles. The molecular formula is C11H17N5O2S. The van der Waals surface area contributed by atoms with Gasteiger partial charge in [0.2, 0.25) is 0 Å². The molecule has 2 amide bonds. The van der Waals surface area contributed by atoms with Gasteiger partial charge >= 0.3 is 0 Å². The fraction of sp³-hybridized carbons (Fsp3) is 0.455. The molecule has 0 aromatic carbocycles. The van der Waals surface area contributed by atoms with E-state index in [-0.39, 0.29) is 11.8 Å². The average Bonchev–Trinajstić information content (AvgIpc) is 2.90. The van der Waals surface area contributed by atoms with Gasteiger partial charge in [-0.3, -0.25) is 20.4 Å². The van der Waals surface area contributed by atoms with Gasteiger partial charge in [-0.25, -0.2) is 10.9 Å². The topological polar surface area (TPSA) is 90.7 Å². The summed E-state index contributed by atoms with van der Waals surface area (Å²) in [5.41, 5.74) is 4.88. The van der Waals surface area contributed by atoms with Crippen LogP contribution in [0.2, 0.25) is 0 Å². The molecule has 0 radical (unpaired) electrons. The molecule has 1 fully saturated rings. The number of carbonyl (C=O) groups excluding carboxylic acids is 2. The lowest BCUT2D eigenvalue weighted by molar-refractivity contribution is 0.0666. The molecule has 4 N–H and O–H groups in total. The Kier molecular flexibility index (Phi) is 4.48. The Morgan fingerprint density at radius 3 is 2.32 bits per heavy atom. The Morgan fingerprint density at radius 2 is 1.74 bits per heavy atom. The Balaban J connectivity index is 1.93. The van der Waals surface area contributed by atoms with Gasteiger partial charge in [0.1, 0.15) is 0 Å². The van der Waals surface area contributed by atoms with Crippen LogP contribution in [0.4, 0.5) is 0 Å². The number of thiophene rings is 1. The molecule has 1 aliphatic rings. The minimum absolute atomic E-state index is 0.189. The highest BCUT2D eigenvalue weighted by molar-refractivity contribution is 7.15. The summed E-state index contributed by atoms with van der Waals surface area (Å²) in [4.78, 5) is 26.4. The standard InChI is InChI=1S/C11H17N5O2S/c1-15-4-6-16(7-5-15)14-11(18)9-3-2-8(19-9)10(17)13-12/h2-3H,4-7,12H2,1H3,(H,13,17)(H,14,18). The fourth-order valence-electron chi connectivity index (χ4n) is 1.77. The van der Waals surface area contributed by atoms with Crippen LogP contribution in [0.1, 0.15) is 19.3 Å². The van der Waals surface area contributed by atoms with E-state index in [1.165, 1.54) is 0 Å². The summed E-state index contributed by atoms with van der Waals surface area (Å²) in [6.07, 6.45) is 0. The van der Waals surface area contributed by atoms with E-state index in [4.69, 9.17) is 5.84 Å². The van der Waals surface area contributed by atoms with Gasteiger partial charge < -0.3 is 4.90 Å². The van der Waals surface area contributed by atoms with Gasteiger partial charge in [-0.15, -0.1) is 11.3 Å². The summed E-state index contributed by atoms with van der Waals surface area (Å²) in [5.74, 6) is 4.47. The van der Waals surface area contributed by atoms with Gasteiger partial charge in [-0.1, -0.05) is 0 Å². The summed E-state index contributed by atoms with van der Waals surface area (Å²) >= 11 is 1.12. The second-order valence-electron chi connectivity index (χ2n) is 4.37. The lowest BCUT2D eigenvalue weighted by atomic mass is 10.4. The van der Waals surface area contributed by atoms with E-state index in [9.17, 15) is 9.59 Å². The predicted octanol–water partition coefficient (Wildman–Crippen LogP) is -0.756. The third kappa shape index (κ3) is 3.51. The number of carbonyl (C=O) groups is 2. The van der Waals surface area contributed by atoms with Crippen molar-refractivity contribution in [1.29, 1.82) is 0 Å². The number of amides is 2. The van der Waals surface area contributed by atoms with Crippen molar-refractivity contribution in [2.24, 2.45) is 5.84 Å². The minimum Gasteiger partial charge on any atom is -0.304 e. The van der Waals surface area contributed by atoms with Gasteiger partial charge in [0.05, 0.1) is 9.75 Å². The van der Waals surface area contributed by atoms with E-state index in [2.05, 4.69) is 17.4 Å². The average molecular weight is 283 g/mol. The van der Waals surface area contributed by atoms with Crippen LogP contribution in [0.3, 0.4) is 0 Å². The first-order valence-corrected chi connectivity index (χ1v) is 6.77. The summed E-state index contributed by atoms with van der Waals surface area (Å²) in [5, 5.41) is 1.89. The molecule has 19 heavy (non-hydrogen) atoms. The van der Waals surface area contributed by atoms with Gasteiger partial charge in [-0.2, -0.15) is 0 Å². The number of hydrogen-bond donors (Lipinski definition) is 3. The summed E-state index contributed by atoms with van der Waals surface area (Å²) in [6, 6.07) is 3.21. The van der Waals surface area contributed by atoms with Crippen molar-refractivity contribution >= 4 is 23.2 Å². The number of hydrazine groups is 2. The van der Waals surface area contributed by atoms with Crippen LogP contribution in [0.5, 0.6) is 0 Å². The quantitative estimate of drug-likeness (QED) is 0.385. The first kappa shape index (κ1) is 13.9. The van der Waals surface area contributed by atoms with Gasteiger partial charge in [0.25, 0.3) is 11.8 Å². The van der Waals surface area contributed by atoms with Crippen molar-refractivity contribution in [1.82, 2.24) is 20.8 Å². The Bertz CT molecular complexity index is 467. The molecule has 0 spiro atoms. The fourth-order valence-corrected chi connectivity index (χ4v) is 2.57. The first-order chi connectivity index (χ1) is 9.10. The molecule has 2 rings (SSSR count).